The molecule has 1 fully saturated rings. The Balaban J connectivity index is 1.87. The van der Waals surface area contributed by atoms with E-state index in [4.69, 9.17) is 10.6 Å². The van der Waals surface area contributed by atoms with Crippen molar-refractivity contribution in [2.24, 2.45) is 5.84 Å². The van der Waals surface area contributed by atoms with Crippen molar-refractivity contribution >= 4 is 11.7 Å². The van der Waals surface area contributed by atoms with Gasteiger partial charge in [0.25, 0.3) is 5.91 Å². The zero-order chi connectivity index (χ0) is 15.1. The molecule has 1 aromatic rings. The summed E-state index contributed by atoms with van der Waals surface area (Å²) in [7, 11) is 0. The third-order valence-electron chi connectivity index (χ3n) is 3.47. The van der Waals surface area contributed by atoms with Crippen LogP contribution in [-0.2, 0) is 11.2 Å². The molecule has 116 valence electrons. The van der Waals surface area contributed by atoms with Crippen LogP contribution in [0, 0.1) is 0 Å². The van der Waals surface area contributed by atoms with E-state index in [-0.39, 0.29) is 5.91 Å². The van der Waals surface area contributed by atoms with Gasteiger partial charge in [0, 0.05) is 37.4 Å². The Morgan fingerprint density at radius 2 is 2.19 bits per heavy atom. The molecular formula is C14H23N5O2. The van der Waals surface area contributed by atoms with E-state index in [1.54, 1.807) is 12.1 Å². The van der Waals surface area contributed by atoms with Gasteiger partial charge in [-0.05, 0) is 18.6 Å². The smallest absolute Gasteiger partial charge is 0.251 e. The summed E-state index contributed by atoms with van der Waals surface area (Å²) in [5.74, 6) is 5.78. The van der Waals surface area contributed by atoms with Crippen LogP contribution in [-0.4, -0.2) is 55.2 Å². The number of aryl methyl sites for hydroxylation is 1. The monoisotopic (exact) mass is 293 g/mol. The number of hydrogen-bond donors (Lipinski definition) is 3. The van der Waals surface area contributed by atoms with Crippen molar-refractivity contribution in [3.8, 4) is 0 Å². The standard InChI is InChI=1S/C14H23N5O2/c1-2-12-9-11(10-13(17-12)18-15)14(20)16-3-4-19-5-7-21-8-6-19/h9-10H,2-8,15H2,1H3,(H,16,20)(H,17,18). The number of pyridine rings is 1. The molecule has 0 aliphatic carbocycles. The fourth-order valence-corrected chi connectivity index (χ4v) is 2.23. The van der Waals surface area contributed by atoms with Crippen LogP contribution in [0.3, 0.4) is 0 Å². The van der Waals surface area contributed by atoms with Gasteiger partial charge < -0.3 is 15.5 Å². The van der Waals surface area contributed by atoms with Crippen molar-refractivity contribution in [1.29, 1.82) is 0 Å². The third kappa shape index (κ3) is 4.66. The van der Waals surface area contributed by atoms with Crippen LogP contribution in [0.1, 0.15) is 23.0 Å². The summed E-state index contributed by atoms with van der Waals surface area (Å²) in [5, 5.41) is 2.93. The molecule has 7 nitrogen and oxygen atoms in total. The average molecular weight is 293 g/mol. The summed E-state index contributed by atoms with van der Waals surface area (Å²) in [6.07, 6.45) is 0.754. The van der Waals surface area contributed by atoms with E-state index in [0.29, 0.717) is 17.9 Å². The molecule has 1 saturated heterocycles. The molecule has 0 bridgehead atoms. The summed E-state index contributed by atoms with van der Waals surface area (Å²) in [4.78, 5) is 18.7. The Morgan fingerprint density at radius 1 is 1.43 bits per heavy atom. The van der Waals surface area contributed by atoms with Crippen molar-refractivity contribution in [1.82, 2.24) is 15.2 Å². The number of nitrogen functional groups attached to an aromatic ring is 1. The van der Waals surface area contributed by atoms with Gasteiger partial charge in [0.15, 0.2) is 0 Å². The van der Waals surface area contributed by atoms with Crippen LogP contribution in [0.15, 0.2) is 12.1 Å². The number of nitrogens with zero attached hydrogens (tertiary/aromatic N) is 2. The first kappa shape index (κ1) is 15.7. The van der Waals surface area contributed by atoms with Crippen LogP contribution >= 0.6 is 0 Å². The van der Waals surface area contributed by atoms with E-state index < -0.39 is 0 Å². The maximum absolute atomic E-state index is 12.2. The van der Waals surface area contributed by atoms with E-state index in [9.17, 15) is 4.79 Å². The van der Waals surface area contributed by atoms with E-state index in [1.165, 1.54) is 0 Å². The number of carbonyl (C=O) groups is 1. The van der Waals surface area contributed by atoms with E-state index in [0.717, 1.165) is 45.0 Å². The second-order valence-corrected chi connectivity index (χ2v) is 4.94. The van der Waals surface area contributed by atoms with Gasteiger partial charge in [-0.2, -0.15) is 0 Å². The summed E-state index contributed by atoms with van der Waals surface area (Å²) in [5.41, 5.74) is 3.91. The number of hydrazine groups is 1. The van der Waals surface area contributed by atoms with Crippen molar-refractivity contribution in [2.75, 3.05) is 44.8 Å². The molecule has 0 saturated carbocycles. The number of carbonyl (C=O) groups excluding carboxylic acids is 1. The quantitative estimate of drug-likeness (QED) is 0.505. The molecule has 1 amide bonds. The molecular weight excluding hydrogens is 270 g/mol. The topological polar surface area (TPSA) is 92.5 Å². The Kier molecular flexibility index (Phi) is 5.91. The molecule has 1 aliphatic rings. The van der Waals surface area contributed by atoms with Gasteiger partial charge in [-0.1, -0.05) is 6.92 Å². The highest BCUT2D eigenvalue weighted by Gasteiger charge is 2.12. The summed E-state index contributed by atoms with van der Waals surface area (Å²) in [6.45, 7) is 6.83. The minimum absolute atomic E-state index is 0.100. The lowest BCUT2D eigenvalue weighted by Gasteiger charge is -2.26. The largest absolute Gasteiger partial charge is 0.379 e. The summed E-state index contributed by atoms with van der Waals surface area (Å²) < 4.78 is 5.29. The van der Waals surface area contributed by atoms with Crippen LogP contribution in [0.5, 0.6) is 0 Å². The zero-order valence-electron chi connectivity index (χ0n) is 12.4. The summed E-state index contributed by atoms with van der Waals surface area (Å²) in [6, 6.07) is 3.45. The zero-order valence-corrected chi connectivity index (χ0v) is 12.4. The molecule has 0 unspecified atom stereocenters. The fourth-order valence-electron chi connectivity index (χ4n) is 2.23. The molecule has 0 radical (unpaired) electrons. The van der Waals surface area contributed by atoms with Gasteiger partial charge in [-0.3, -0.25) is 9.69 Å². The fraction of sp³-hybridized carbons (Fsp3) is 0.571. The lowest BCUT2D eigenvalue weighted by Crippen LogP contribution is -2.41. The Hall–Kier alpha value is -1.70. The molecule has 2 heterocycles. The van der Waals surface area contributed by atoms with Crippen LogP contribution < -0.4 is 16.6 Å². The molecule has 4 N–H and O–H groups in total. The normalized spacial score (nSPS) is 15.7. The lowest BCUT2D eigenvalue weighted by atomic mass is 10.2. The lowest BCUT2D eigenvalue weighted by molar-refractivity contribution is 0.0383. The molecule has 1 aliphatic heterocycles. The number of amides is 1. The highest BCUT2D eigenvalue weighted by Crippen LogP contribution is 2.10. The molecule has 0 aromatic carbocycles. The van der Waals surface area contributed by atoms with Crippen molar-refractivity contribution in [3.05, 3.63) is 23.4 Å². The number of ether oxygens (including phenoxy) is 1. The Bertz CT molecular complexity index is 452. The molecule has 0 atom stereocenters. The number of morpholine rings is 1. The number of aromatic nitrogens is 1. The average Bonchev–Trinajstić information content (AvgIpc) is 2.55. The van der Waals surface area contributed by atoms with Gasteiger partial charge in [0.05, 0.1) is 13.2 Å². The maximum atomic E-state index is 12.2. The first-order chi connectivity index (χ1) is 10.2. The van der Waals surface area contributed by atoms with Gasteiger partial charge in [-0.15, -0.1) is 0 Å². The SMILES string of the molecule is CCc1cc(C(=O)NCCN2CCOCC2)cc(NN)n1. The number of rotatable bonds is 6. The van der Waals surface area contributed by atoms with E-state index >= 15 is 0 Å². The van der Waals surface area contributed by atoms with Gasteiger partial charge in [0.2, 0.25) is 0 Å². The minimum atomic E-state index is -0.100. The Labute approximate surface area is 124 Å². The highest BCUT2D eigenvalue weighted by atomic mass is 16.5. The summed E-state index contributed by atoms with van der Waals surface area (Å²) >= 11 is 0. The van der Waals surface area contributed by atoms with Crippen molar-refractivity contribution < 1.29 is 9.53 Å². The molecule has 7 heteroatoms. The third-order valence-corrected chi connectivity index (χ3v) is 3.47. The maximum Gasteiger partial charge on any atom is 0.251 e. The highest BCUT2D eigenvalue weighted by molar-refractivity contribution is 5.95. The number of nitrogens with one attached hydrogen (secondary N) is 2. The Morgan fingerprint density at radius 3 is 2.86 bits per heavy atom. The minimum Gasteiger partial charge on any atom is -0.379 e. The second-order valence-electron chi connectivity index (χ2n) is 4.94. The van der Waals surface area contributed by atoms with E-state index in [1.807, 2.05) is 6.92 Å². The van der Waals surface area contributed by atoms with Gasteiger partial charge >= 0.3 is 0 Å². The van der Waals surface area contributed by atoms with Crippen LogP contribution in [0.4, 0.5) is 5.82 Å². The van der Waals surface area contributed by atoms with Crippen LogP contribution in [0.2, 0.25) is 0 Å². The number of anilines is 1. The second kappa shape index (κ2) is 7.92. The molecule has 2 rings (SSSR count). The van der Waals surface area contributed by atoms with E-state index in [2.05, 4.69) is 20.6 Å². The molecule has 21 heavy (non-hydrogen) atoms. The molecule has 1 aromatic heterocycles. The first-order valence-electron chi connectivity index (χ1n) is 7.28. The van der Waals surface area contributed by atoms with Crippen LogP contribution in [0.25, 0.3) is 0 Å². The number of hydrogen-bond acceptors (Lipinski definition) is 6. The van der Waals surface area contributed by atoms with Gasteiger partial charge in [0.1, 0.15) is 5.82 Å². The predicted molar refractivity (Wildman–Crippen MR) is 81.0 cm³/mol. The van der Waals surface area contributed by atoms with Gasteiger partial charge in [-0.25, -0.2) is 10.8 Å². The van der Waals surface area contributed by atoms with Crippen molar-refractivity contribution in [3.63, 3.8) is 0 Å². The van der Waals surface area contributed by atoms with Crippen molar-refractivity contribution in [2.45, 2.75) is 13.3 Å². The molecule has 0 spiro atoms. The predicted octanol–water partition coefficient (Wildman–Crippen LogP) is -0.00840. The first-order valence-corrected chi connectivity index (χ1v) is 7.28. The number of nitrogens with two attached hydrogens (primary N) is 1.